The Bertz CT molecular complexity index is 283. The average molecular weight is 368 g/mol. The van der Waals surface area contributed by atoms with Crippen LogP contribution in [-0.4, -0.2) is 90.1 Å². The maximum atomic E-state index is 11.8. The summed E-state index contributed by atoms with van der Waals surface area (Å²) in [5, 5.41) is 0. The van der Waals surface area contributed by atoms with E-state index in [2.05, 4.69) is 6.92 Å². The standard InChI is InChI=1S/C16H33NO6S/c1-4-7-19-10-12-21-14-15-22-13-11-20-8-5-16(18)17(2)6-9-23-24-3/h4-15H2,1-3H3. The molecule has 0 aromatic carbocycles. The zero-order valence-corrected chi connectivity index (χ0v) is 16.1. The molecule has 0 unspecified atom stereocenters. The Labute approximate surface area is 150 Å². The number of carbonyl (C=O) groups excluding carboxylic acids is 1. The molecule has 0 aliphatic carbocycles. The maximum Gasteiger partial charge on any atom is 0.224 e. The van der Waals surface area contributed by atoms with Gasteiger partial charge in [0.15, 0.2) is 0 Å². The molecule has 8 heteroatoms. The van der Waals surface area contributed by atoms with Gasteiger partial charge in [-0.05, 0) is 18.5 Å². The summed E-state index contributed by atoms with van der Waals surface area (Å²) in [5.41, 5.74) is 0. The first kappa shape index (κ1) is 23.6. The quantitative estimate of drug-likeness (QED) is 0.269. The van der Waals surface area contributed by atoms with Crippen molar-refractivity contribution in [3.8, 4) is 0 Å². The van der Waals surface area contributed by atoms with Gasteiger partial charge < -0.3 is 28.0 Å². The lowest BCUT2D eigenvalue weighted by Gasteiger charge is -2.16. The lowest BCUT2D eigenvalue weighted by atomic mass is 10.4. The van der Waals surface area contributed by atoms with E-state index in [0.29, 0.717) is 65.8 Å². The van der Waals surface area contributed by atoms with Gasteiger partial charge >= 0.3 is 0 Å². The topological polar surface area (TPSA) is 66.5 Å². The van der Waals surface area contributed by atoms with Gasteiger partial charge in [0.05, 0.1) is 59.3 Å². The summed E-state index contributed by atoms with van der Waals surface area (Å²) in [6.07, 6.45) is 3.25. The predicted octanol–water partition coefficient (Wildman–Crippen LogP) is 1.61. The normalized spacial score (nSPS) is 11.0. The number of hydrogen-bond acceptors (Lipinski definition) is 7. The molecule has 0 spiro atoms. The minimum atomic E-state index is 0.0549. The van der Waals surface area contributed by atoms with Crippen LogP contribution in [0.25, 0.3) is 0 Å². The van der Waals surface area contributed by atoms with E-state index >= 15 is 0 Å². The van der Waals surface area contributed by atoms with Crippen molar-refractivity contribution in [1.29, 1.82) is 0 Å². The Morgan fingerprint density at radius 1 is 0.833 bits per heavy atom. The van der Waals surface area contributed by atoms with Crippen molar-refractivity contribution in [1.82, 2.24) is 4.90 Å². The number of rotatable bonds is 18. The van der Waals surface area contributed by atoms with Gasteiger partial charge in [0.25, 0.3) is 0 Å². The molecule has 0 radical (unpaired) electrons. The number of amides is 1. The highest BCUT2D eigenvalue weighted by molar-refractivity contribution is 7.93. The fourth-order valence-electron chi connectivity index (χ4n) is 1.64. The maximum absolute atomic E-state index is 11.8. The van der Waals surface area contributed by atoms with Crippen LogP contribution in [0.4, 0.5) is 0 Å². The molecule has 0 fully saturated rings. The van der Waals surface area contributed by atoms with Crippen LogP contribution in [0.15, 0.2) is 0 Å². The largest absolute Gasteiger partial charge is 0.379 e. The van der Waals surface area contributed by atoms with E-state index in [1.807, 2.05) is 6.26 Å². The minimum absolute atomic E-state index is 0.0549. The van der Waals surface area contributed by atoms with E-state index in [1.54, 1.807) is 11.9 Å². The van der Waals surface area contributed by atoms with Crippen molar-refractivity contribution in [2.75, 3.05) is 79.3 Å². The summed E-state index contributed by atoms with van der Waals surface area (Å²) in [6.45, 7) is 7.67. The SMILES string of the molecule is CCCOCCOCCOCCOCCC(=O)N(C)CCOSC. The first-order valence-corrected chi connectivity index (χ1v) is 9.57. The number of nitrogens with zero attached hydrogens (tertiary/aromatic N) is 1. The zero-order valence-electron chi connectivity index (χ0n) is 15.3. The molecule has 24 heavy (non-hydrogen) atoms. The van der Waals surface area contributed by atoms with Gasteiger partial charge in [-0.25, -0.2) is 0 Å². The Morgan fingerprint density at radius 3 is 1.83 bits per heavy atom. The highest BCUT2D eigenvalue weighted by Gasteiger charge is 2.07. The Kier molecular flexibility index (Phi) is 18.7. The molecule has 7 nitrogen and oxygen atoms in total. The molecular weight excluding hydrogens is 334 g/mol. The predicted molar refractivity (Wildman–Crippen MR) is 95.3 cm³/mol. The highest BCUT2D eigenvalue weighted by Crippen LogP contribution is 1.97. The molecule has 0 atom stereocenters. The van der Waals surface area contributed by atoms with E-state index < -0.39 is 0 Å². The number of carbonyl (C=O) groups is 1. The zero-order chi connectivity index (χ0) is 17.9. The highest BCUT2D eigenvalue weighted by atomic mass is 32.2. The number of likely N-dealkylation sites (N-methyl/N-ethyl adjacent to an activating group) is 1. The van der Waals surface area contributed by atoms with Gasteiger partial charge in [-0.3, -0.25) is 4.79 Å². The van der Waals surface area contributed by atoms with Crippen LogP contribution < -0.4 is 0 Å². The van der Waals surface area contributed by atoms with E-state index in [4.69, 9.17) is 23.1 Å². The van der Waals surface area contributed by atoms with Gasteiger partial charge in [0.2, 0.25) is 5.91 Å². The van der Waals surface area contributed by atoms with E-state index in [9.17, 15) is 4.79 Å². The molecule has 0 bridgehead atoms. The monoisotopic (exact) mass is 367 g/mol. The van der Waals surface area contributed by atoms with Crippen LogP contribution in [0.3, 0.4) is 0 Å². The van der Waals surface area contributed by atoms with Gasteiger partial charge in [-0.1, -0.05) is 6.92 Å². The van der Waals surface area contributed by atoms with Gasteiger partial charge in [-0.15, -0.1) is 0 Å². The van der Waals surface area contributed by atoms with Crippen molar-refractivity contribution in [2.24, 2.45) is 0 Å². The second kappa shape index (κ2) is 19.0. The fraction of sp³-hybridized carbons (Fsp3) is 0.938. The fourth-order valence-corrected chi connectivity index (χ4v) is 1.88. The molecule has 0 saturated heterocycles. The number of hydrogen-bond donors (Lipinski definition) is 0. The summed E-state index contributed by atoms with van der Waals surface area (Å²) >= 11 is 1.30. The first-order valence-electron chi connectivity index (χ1n) is 8.42. The van der Waals surface area contributed by atoms with E-state index in [-0.39, 0.29) is 5.91 Å². The van der Waals surface area contributed by atoms with Crippen molar-refractivity contribution in [3.63, 3.8) is 0 Å². The molecule has 0 saturated carbocycles. The molecular formula is C16H33NO6S. The molecule has 0 aromatic rings. The third-order valence-electron chi connectivity index (χ3n) is 2.98. The second-order valence-electron chi connectivity index (χ2n) is 5.00. The van der Waals surface area contributed by atoms with Crippen LogP contribution in [0.2, 0.25) is 0 Å². The lowest BCUT2D eigenvalue weighted by Crippen LogP contribution is -2.30. The Hall–Kier alpha value is -0.380. The van der Waals surface area contributed by atoms with E-state index in [0.717, 1.165) is 13.0 Å². The Morgan fingerprint density at radius 2 is 1.33 bits per heavy atom. The molecule has 1 amide bonds. The molecule has 0 aliphatic heterocycles. The summed E-state index contributed by atoms with van der Waals surface area (Å²) in [7, 11) is 1.77. The van der Waals surface area contributed by atoms with Crippen LogP contribution >= 0.6 is 12.0 Å². The average Bonchev–Trinajstić information content (AvgIpc) is 2.58. The van der Waals surface area contributed by atoms with Crippen molar-refractivity contribution in [2.45, 2.75) is 19.8 Å². The molecule has 144 valence electrons. The molecule has 0 aromatic heterocycles. The van der Waals surface area contributed by atoms with Gasteiger partial charge in [0, 0.05) is 26.5 Å². The molecule has 0 N–H and O–H groups in total. The third-order valence-corrected chi connectivity index (χ3v) is 3.38. The first-order chi connectivity index (χ1) is 11.7. The summed E-state index contributed by atoms with van der Waals surface area (Å²) in [5.74, 6) is 0.0549. The van der Waals surface area contributed by atoms with Crippen LogP contribution in [0.5, 0.6) is 0 Å². The lowest BCUT2D eigenvalue weighted by molar-refractivity contribution is -0.131. The van der Waals surface area contributed by atoms with Gasteiger partial charge in [-0.2, -0.15) is 0 Å². The van der Waals surface area contributed by atoms with Gasteiger partial charge in [0.1, 0.15) is 0 Å². The molecule has 0 aliphatic rings. The number of ether oxygens (including phenoxy) is 4. The van der Waals surface area contributed by atoms with E-state index in [1.165, 1.54) is 12.0 Å². The van der Waals surface area contributed by atoms with Crippen LogP contribution in [0.1, 0.15) is 19.8 Å². The van der Waals surface area contributed by atoms with Crippen molar-refractivity contribution in [3.05, 3.63) is 0 Å². The van der Waals surface area contributed by atoms with Crippen molar-refractivity contribution >= 4 is 17.9 Å². The smallest absolute Gasteiger partial charge is 0.224 e. The molecule has 0 heterocycles. The molecule has 0 rings (SSSR count). The minimum Gasteiger partial charge on any atom is -0.379 e. The van der Waals surface area contributed by atoms with Crippen LogP contribution in [0, 0.1) is 0 Å². The summed E-state index contributed by atoms with van der Waals surface area (Å²) in [4.78, 5) is 13.4. The van der Waals surface area contributed by atoms with Crippen LogP contribution in [-0.2, 0) is 27.9 Å². The second-order valence-corrected chi connectivity index (χ2v) is 5.57. The van der Waals surface area contributed by atoms with Crippen molar-refractivity contribution < 1.29 is 27.9 Å². The summed E-state index contributed by atoms with van der Waals surface area (Å²) < 4.78 is 26.5. The Balaban J connectivity index is 3.23. The third kappa shape index (κ3) is 16.5. The summed E-state index contributed by atoms with van der Waals surface area (Å²) in [6, 6.07) is 0.